The lowest BCUT2D eigenvalue weighted by molar-refractivity contribution is -0.240. The van der Waals surface area contributed by atoms with Crippen LogP contribution < -0.4 is 10.2 Å². The molecule has 186 valence electrons. The van der Waals surface area contributed by atoms with E-state index in [1.807, 2.05) is 0 Å². The fraction of sp³-hybridized carbons (Fsp3) is 0.333. The number of aromatic hydroxyl groups is 2. The zero-order valence-electron chi connectivity index (χ0n) is 18.7. The van der Waals surface area contributed by atoms with Crippen LogP contribution in [-0.2, 0) is 14.3 Å². The molecule has 11 nitrogen and oxygen atoms in total. The normalized spacial score (nSPS) is 24.3. The summed E-state index contributed by atoms with van der Waals surface area (Å²) in [5, 5.41) is 50.6. The number of carbonyl (C=O) groups is 1. The zero-order chi connectivity index (χ0) is 25.4. The fourth-order valence-electron chi connectivity index (χ4n) is 4.16. The molecule has 1 aliphatic rings. The molecule has 5 N–H and O–H groups in total. The number of methoxy groups -OCH3 is 1. The van der Waals surface area contributed by atoms with Crippen LogP contribution in [0.2, 0.25) is 0 Å². The van der Waals surface area contributed by atoms with Gasteiger partial charge < -0.3 is 44.2 Å². The SMILES string of the molecule is COc1cc(O)c2c(=O)cc(-c3ccc(O)cc3)oc2c1[C@@H]1O[C@@H](CO)[C@@H](O)[C@H](O)[C@H]1OC(C)=O. The molecule has 0 radical (unpaired) electrons. The molecule has 0 amide bonds. The third-order valence-corrected chi connectivity index (χ3v) is 5.81. The molecular formula is C24H24O11. The van der Waals surface area contributed by atoms with Gasteiger partial charge in [-0.05, 0) is 24.3 Å². The third-order valence-electron chi connectivity index (χ3n) is 5.81. The zero-order valence-corrected chi connectivity index (χ0v) is 18.7. The van der Waals surface area contributed by atoms with E-state index in [1.54, 1.807) is 0 Å². The Morgan fingerprint density at radius 1 is 1.09 bits per heavy atom. The van der Waals surface area contributed by atoms with Gasteiger partial charge in [0, 0.05) is 24.6 Å². The van der Waals surface area contributed by atoms with Gasteiger partial charge in [0.05, 0.1) is 19.3 Å². The largest absolute Gasteiger partial charge is 0.508 e. The number of esters is 1. The molecule has 0 unspecified atom stereocenters. The van der Waals surface area contributed by atoms with Gasteiger partial charge in [0.25, 0.3) is 0 Å². The van der Waals surface area contributed by atoms with Gasteiger partial charge in [0.15, 0.2) is 17.1 Å². The highest BCUT2D eigenvalue weighted by atomic mass is 16.6. The number of phenols is 2. The number of hydrogen-bond donors (Lipinski definition) is 5. The van der Waals surface area contributed by atoms with Crippen LogP contribution in [0.1, 0.15) is 18.6 Å². The summed E-state index contributed by atoms with van der Waals surface area (Å²) in [7, 11) is 1.28. The second-order valence-corrected chi connectivity index (χ2v) is 8.07. The van der Waals surface area contributed by atoms with Gasteiger partial charge in [-0.1, -0.05) is 0 Å². The molecule has 4 rings (SSSR count). The van der Waals surface area contributed by atoms with Crippen LogP contribution in [0, 0.1) is 0 Å². The topological polar surface area (TPSA) is 176 Å². The molecule has 35 heavy (non-hydrogen) atoms. The van der Waals surface area contributed by atoms with E-state index < -0.39 is 54.3 Å². The summed E-state index contributed by atoms with van der Waals surface area (Å²) in [6.45, 7) is 0.423. The van der Waals surface area contributed by atoms with Gasteiger partial charge in [-0.25, -0.2) is 0 Å². The van der Waals surface area contributed by atoms with E-state index in [2.05, 4.69) is 0 Å². The molecule has 5 atom stereocenters. The minimum atomic E-state index is -1.67. The summed E-state index contributed by atoms with van der Waals surface area (Å²) in [6.07, 6.45) is -7.38. The van der Waals surface area contributed by atoms with E-state index in [9.17, 15) is 35.1 Å². The summed E-state index contributed by atoms with van der Waals surface area (Å²) < 4.78 is 22.5. The molecule has 0 saturated carbocycles. The van der Waals surface area contributed by atoms with Crippen LogP contribution in [0.3, 0.4) is 0 Å². The number of benzene rings is 2. The van der Waals surface area contributed by atoms with E-state index in [0.717, 1.165) is 19.1 Å². The smallest absolute Gasteiger partial charge is 0.303 e. The number of phenolic OH excluding ortho intramolecular Hbond substituents is 2. The maximum atomic E-state index is 13.0. The molecule has 1 fully saturated rings. The lowest BCUT2D eigenvalue weighted by Gasteiger charge is -2.42. The maximum Gasteiger partial charge on any atom is 0.303 e. The molecule has 2 aromatic carbocycles. The average Bonchev–Trinajstić information content (AvgIpc) is 2.82. The summed E-state index contributed by atoms with van der Waals surface area (Å²) >= 11 is 0. The summed E-state index contributed by atoms with van der Waals surface area (Å²) in [5.74, 6) is -1.19. The van der Waals surface area contributed by atoms with E-state index in [-0.39, 0.29) is 33.8 Å². The number of ether oxygens (including phenoxy) is 3. The van der Waals surface area contributed by atoms with Gasteiger partial charge in [-0.2, -0.15) is 0 Å². The van der Waals surface area contributed by atoms with E-state index >= 15 is 0 Å². The molecule has 11 heteroatoms. The Hall–Kier alpha value is -3.64. The third kappa shape index (κ3) is 4.42. The van der Waals surface area contributed by atoms with Gasteiger partial charge in [-0.3, -0.25) is 9.59 Å². The molecule has 0 spiro atoms. The molecule has 1 aliphatic heterocycles. The van der Waals surface area contributed by atoms with Crippen LogP contribution >= 0.6 is 0 Å². The van der Waals surface area contributed by atoms with E-state index in [1.165, 1.54) is 31.4 Å². The second-order valence-electron chi connectivity index (χ2n) is 8.07. The van der Waals surface area contributed by atoms with Crippen LogP contribution in [0.15, 0.2) is 45.6 Å². The van der Waals surface area contributed by atoms with Gasteiger partial charge in [0.2, 0.25) is 0 Å². The van der Waals surface area contributed by atoms with Crippen molar-refractivity contribution in [2.24, 2.45) is 0 Å². The van der Waals surface area contributed by atoms with Gasteiger partial charge >= 0.3 is 5.97 Å². The lowest BCUT2D eigenvalue weighted by Crippen LogP contribution is -2.56. The number of aliphatic hydroxyl groups excluding tert-OH is 3. The van der Waals surface area contributed by atoms with Gasteiger partial charge in [0.1, 0.15) is 52.8 Å². The number of fused-ring (bicyclic) bond motifs is 1. The highest BCUT2D eigenvalue weighted by Gasteiger charge is 2.48. The average molecular weight is 488 g/mol. The standard InChI is InChI=1S/C24H24O11/c1-10(26)33-24-21(31)20(30)17(9-25)35-23(24)19-16(32-2)8-14(29)18-13(28)7-15(34-22(18)19)11-3-5-12(27)6-4-11/h3-8,17,20-21,23-25,27,29-31H,9H2,1-2H3/t17-,20+,21-,23-,24+/m0/s1. The van der Waals surface area contributed by atoms with Crippen molar-refractivity contribution in [3.05, 3.63) is 52.2 Å². The highest BCUT2D eigenvalue weighted by molar-refractivity contribution is 5.89. The van der Waals surface area contributed by atoms with Crippen molar-refractivity contribution in [1.82, 2.24) is 0 Å². The fourth-order valence-corrected chi connectivity index (χ4v) is 4.16. The first-order valence-corrected chi connectivity index (χ1v) is 10.6. The Labute approximate surface area is 198 Å². The minimum absolute atomic E-state index is 0.000640. The number of hydrogen-bond acceptors (Lipinski definition) is 11. The van der Waals surface area contributed by atoms with Crippen LogP contribution in [0.5, 0.6) is 17.2 Å². The maximum absolute atomic E-state index is 13.0. The molecule has 1 aromatic heterocycles. The van der Waals surface area contributed by atoms with Crippen molar-refractivity contribution in [2.75, 3.05) is 13.7 Å². The van der Waals surface area contributed by atoms with Crippen molar-refractivity contribution >= 4 is 16.9 Å². The summed E-state index contributed by atoms with van der Waals surface area (Å²) in [5.41, 5.74) is -0.358. The Morgan fingerprint density at radius 2 is 1.77 bits per heavy atom. The van der Waals surface area contributed by atoms with Crippen molar-refractivity contribution in [2.45, 2.75) is 37.4 Å². The van der Waals surface area contributed by atoms with E-state index in [0.29, 0.717) is 5.56 Å². The highest BCUT2D eigenvalue weighted by Crippen LogP contribution is 2.45. The van der Waals surface area contributed by atoms with Crippen molar-refractivity contribution < 1.29 is 49.0 Å². The Bertz CT molecular complexity index is 1300. The molecular weight excluding hydrogens is 464 g/mol. The van der Waals surface area contributed by atoms with Crippen LogP contribution in [0.25, 0.3) is 22.3 Å². The molecule has 3 aromatic rings. The number of carbonyl (C=O) groups excluding carboxylic acids is 1. The Balaban J connectivity index is 2.01. The first kappa shape index (κ1) is 24.5. The van der Waals surface area contributed by atoms with Crippen LogP contribution in [0.4, 0.5) is 0 Å². The van der Waals surface area contributed by atoms with Crippen LogP contribution in [-0.4, -0.2) is 69.6 Å². The predicted molar refractivity (Wildman–Crippen MR) is 120 cm³/mol. The molecule has 0 bridgehead atoms. The quantitative estimate of drug-likeness (QED) is 0.323. The summed E-state index contributed by atoms with van der Waals surface area (Å²) in [6, 6.07) is 8.13. The summed E-state index contributed by atoms with van der Waals surface area (Å²) in [4.78, 5) is 24.8. The van der Waals surface area contributed by atoms with E-state index in [4.69, 9.17) is 18.6 Å². The Kier molecular flexibility index (Phi) is 6.68. The van der Waals surface area contributed by atoms with Crippen molar-refractivity contribution in [1.29, 1.82) is 0 Å². The first-order chi connectivity index (χ1) is 16.7. The molecule has 2 heterocycles. The lowest BCUT2D eigenvalue weighted by atomic mass is 9.89. The van der Waals surface area contributed by atoms with Crippen molar-refractivity contribution in [3.8, 4) is 28.6 Å². The second kappa shape index (κ2) is 9.55. The first-order valence-electron chi connectivity index (χ1n) is 10.6. The number of rotatable bonds is 5. The van der Waals surface area contributed by atoms with Gasteiger partial charge in [-0.15, -0.1) is 0 Å². The number of aliphatic hydroxyl groups is 3. The minimum Gasteiger partial charge on any atom is -0.508 e. The molecule has 0 aliphatic carbocycles. The predicted octanol–water partition coefficient (Wildman–Crippen LogP) is 0.965. The Morgan fingerprint density at radius 3 is 2.37 bits per heavy atom. The van der Waals surface area contributed by atoms with Crippen molar-refractivity contribution in [3.63, 3.8) is 0 Å². The monoisotopic (exact) mass is 488 g/mol. The molecule has 1 saturated heterocycles.